The molecule has 3 aromatic rings. The van der Waals surface area contributed by atoms with Crippen LogP contribution in [0.2, 0.25) is 0 Å². The molecule has 12 nitrogen and oxygen atoms in total. The number of carbonyl (C=O) groups excluding carboxylic acids is 2. The summed E-state index contributed by atoms with van der Waals surface area (Å²) >= 11 is 0. The number of piperidine rings is 1. The Kier molecular flexibility index (Phi) is 13.7. The molecule has 0 spiro atoms. The molecule has 1 heterocycles. The Morgan fingerprint density at radius 2 is 1.64 bits per heavy atom. The van der Waals surface area contributed by atoms with Gasteiger partial charge in [-0.3, -0.25) is 4.79 Å². The maximum atomic E-state index is 14.2. The number of aliphatic hydroxyl groups excluding tert-OH is 1. The molecule has 0 bridgehead atoms. The lowest BCUT2D eigenvalue weighted by atomic mass is 9.90. The van der Waals surface area contributed by atoms with Gasteiger partial charge < -0.3 is 43.5 Å². The van der Waals surface area contributed by atoms with Crippen molar-refractivity contribution in [2.24, 2.45) is 0 Å². The van der Waals surface area contributed by atoms with Crippen LogP contribution in [0.3, 0.4) is 0 Å². The molecule has 270 valence electrons. The standard InChI is InChI=1S/C38H47NO11/c1-6-29(26-19-27(22-40)36(48-5)34(21-26)47-4)37(43)39-17-8-7-12-30(39)38(44)50-31(25-10-9-11-28(20-25)49-23-35(41)42)15-13-24-14-16-32(45-2)33(18-24)46-3/h9-11,14,16,18-21,29-31,40H,6-8,12-13,15,17,22-23H2,1-5H3,(H,41,42)/t29-,30-,31+/m0/s1. The molecule has 1 aliphatic rings. The maximum absolute atomic E-state index is 14.2. The molecule has 50 heavy (non-hydrogen) atoms. The molecular weight excluding hydrogens is 646 g/mol. The first-order valence-corrected chi connectivity index (χ1v) is 16.7. The normalized spacial score (nSPS) is 15.4. The van der Waals surface area contributed by atoms with Gasteiger partial charge in [-0.1, -0.05) is 25.1 Å². The maximum Gasteiger partial charge on any atom is 0.341 e. The highest BCUT2D eigenvalue weighted by molar-refractivity contribution is 5.89. The average molecular weight is 694 g/mol. The number of benzene rings is 3. The van der Waals surface area contributed by atoms with Gasteiger partial charge in [0.1, 0.15) is 17.9 Å². The molecule has 0 radical (unpaired) electrons. The molecule has 3 aromatic carbocycles. The smallest absolute Gasteiger partial charge is 0.341 e. The number of methoxy groups -OCH3 is 4. The van der Waals surface area contributed by atoms with E-state index in [1.54, 1.807) is 55.5 Å². The van der Waals surface area contributed by atoms with Gasteiger partial charge >= 0.3 is 11.9 Å². The summed E-state index contributed by atoms with van der Waals surface area (Å²) in [5, 5.41) is 19.1. The van der Waals surface area contributed by atoms with E-state index in [9.17, 15) is 19.5 Å². The molecule has 1 aliphatic heterocycles. The lowest BCUT2D eigenvalue weighted by Crippen LogP contribution is -2.50. The molecule has 4 rings (SSSR count). The number of amides is 1. The van der Waals surface area contributed by atoms with Crippen molar-refractivity contribution >= 4 is 17.8 Å². The fourth-order valence-electron chi connectivity index (χ4n) is 6.37. The van der Waals surface area contributed by atoms with Crippen LogP contribution >= 0.6 is 0 Å². The zero-order valence-electron chi connectivity index (χ0n) is 29.3. The first-order valence-electron chi connectivity index (χ1n) is 16.7. The van der Waals surface area contributed by atoms with E-state index >= 15 is 0 Å². The van der Waals surface area contributed by atoms with E-state index in [1.807, 2.05) is 25.1 Å². The molecular formula is C38H47NO11. The second kappa shape index (κ2) is 18.1. The third-order valence-electron chi connectivity index (χ3n) is 8.91. The molecule has 0 aliphatic carbocycles. The van der Waals surface area contributed by atoms with E-state index in [1.165, 1.54) is 14.2 Å². The predicted molar refractivity (Wildman–Crippen MR) is 184 cm³/mol. The molecule has 2 N–H and O–H groups in total. The molecule has 0 aromatic heterocycles. The van der Waals surface area contributed by atoms with Crippen molar-refractivity contribution < 1.29 is 53.0 Å². The first kappa shape index (κ1) is 37.8. The van der Waals surface area contributed by atoms with Gasteiger partial charge in [0.15, 0.2) is 29.6 Å². The number of hydrogen-bond donors (Lipinski definition) is 2. The summed E-state index contributed by atoms with van der Waals surface area (Å²) in [6.45, 7) is 1.48. The monoisotopic (exact) mass is 693 g/mol. The predicted octanol–water partition coefficient (Wildman–Crippen LogP) is 5.47. The molecule has 12 heteroatoms. The number of likely N-dealkylation sites (tertiary alicyclic amines) is 1. The quantitative estimate of drug-likeness (QED) is 0.173. The van der Waals surface area contributed by atoms with Gasteiger partial charge in [0.2, 0.25) is 5.91 Å². The van der Waals surface area contributed by atoms with Crippen LogP contribution in [0.25, 0.3) is 0 Å². The van der Waals surface area contributed by atoms with Crippen molar-refractivity contribution in [3.05, 3.63) is 76.9 Å². The number of carboxylic acid groups (broad SMARTS) is 1. The summed E-state index contributed by atoms with van der Waals surface area (Å²) in [6.07, 6.45) is 2.55. The van der Waals surface area contributed by atoms with Gasteiger partial charge in [-0.15, -0.1) is 0 Å². The molecule has 3 atom stereocenters. The number of nitrogens with zero attached hydrogens (tertiary/aromatic N) is 1. The fraction of sp³-hybridized carbons (Fsp3) is 0.447. The summed E-state index contributed by atoms with van der Waals surface area (Å²) in [6, 6.07) is 15.1. The van der Waals surface area contributed by atoms with E-state index < -0.39 is 36.6 Å². The highest BCUT2D eigenvalue weighted by Gasteiger charge is 2.38. The summed E-state index contributed by atoms with van der Waals surface area (Å²) < 4.78 is 33.5. The van der Waals surface area contributed by atoms with Crippen LogP contribution in [-0.2, 0) is 32.1 Å². The number of aliphatic carboxylic acids is 1. The Bertz CT molecular complexity index is 1600. The number of esters is 1. The van der Waals surface area contributed by atoms with Gasteiger partial charge in [0.25, 0.3) is 0 Å². The van der Waals surface area contributed by atoms with Gasteiger partial charge in [0, 0.05) is 12.1 Å². The lowest BCUT2D eigenvalue weighted by molar-refractivity contribution is -0.162. The number of carbonyl (C=O) groups is 3. The minimum Gasteiger partial charge on any atom is -0.493 e. The van der Waals surface area contributed by atoms with Crippen molar-refractivity contribution in [3.8, 4) is 28.7 Å². The summed E-state index contributed by atoms with van der Waals surface area (Å²) in [4.78, 5) is 41.1. The average Bonchev–Trinajstić information content (AvgIpc) is 3.15. The van der Waals surface area contributed by atoms with Crippen LogP contribution in [0.4, 0.5) is 0 Å². The van der Waals surface area contributed by atoms with Gasteiger partial charge in [0.05, 0.1) is 41.0 Å². The number of carboxylic acids is 1. The summed E-state index contributed by atoms with van der Waals surface area (Å²) in [5.41, 5.74) is 2.71. The van der Waals surface area contributed by atoms with Crippen LogP contribution in [0, 0.1) is 0 Å². The molecule has 0 saturated carbocycles. The number of aliphatic hydroxyl groups is 1. The Morgan fingerprint density at radius 3 is 2.30 bits per heavy atom. The summed E-state index contributed by atoms with van der Waals surface area (Å²) in [5.74, 6) is -0.145. The Balaban J connectivity index is 1.61. The zero-order valence-corrected chi connectivity index (χ0v) is 29.3. The first-order chi connectivity index (χ1) is 24.2. The van der Waals surface area contributed by atoms with Gasteiger partial charge in [-0.05, 0) is 91.6 Å². The van der Waals surface area contributed by atoms with Crippen LogP contribution in [-0.4, -0.2) is 80.6 Å². The van der Waals surface area contributed by atoms with Crippen molar-refractivity contribution in [1.82, 2.24) is 4.90 Å². The molecule has 1 fully saturated rings. The number of ether oxygens (including phenoxy) is 6. The number of hydrogen-bond acceptors (Lipinski definition) is 10. The van der Waals surface area contributed by atoms with Crippen LogP contribution in [0.15, 0.2) is 54.6 Å². The SMILES string of the molecule is CC[C@H](C(=O)N1CCCC[C@H]1C(=O)O[C@H](CCc1ccc(OC)c(OC)c1)c1cccc(OCC(=O)O)c1)c1cc(CO)c(OC)c(OC)c1. The molecule has 0 unspecified atom stereocenters. The Hall–Kier alpha value is -4.97. The third-order valence-corrected chi connectivity index (χ3v) is 8.91. The largest absolute Gasteiger partial charge is 0.493 e. The number of rotatable bonds is 17. The lowest BCUT2D eigenvalue weighted by Gasteiger charge is -2.37. The van der Waals surface area contributed by atoms with Gasteiger partial charge in [-0.25, -0.2) is 9.59 Å². The van der Waals surface area contributed by atoms with Crippen LogP contribution in [0.5, 0.6) is 28.7 Å². The van der Waals surface area contributed by atoms with Crippen molar-refractivity contribution in [3.63, 3.8) is 0 Å². The van der Waals surface area contributed by atoms with Crippen molar-refractivity contribution in [2.45, 2.75) is 70.1 Å². The summed E-state index contributed by atoms with van der Waals surface area (Å²) in [7, 11) is 6.11. The van der Waals surface area contributed by atoms with E-state index in [0.717, 1.165) is 18.4 Å². The minimum atomic E-state index is -1.11. The van der Waals surface area contributed by atoms with Gasteiger partial charge in [-0.2, -0.15) is 0 Å². The molecule has 1 saturated heterocycles. The second-order valence-electron chi connectivity index (χ2n) is 12.0. The van der Waals surface area contributed by atoms with Crippen LogP contribution < -0.4 is 23.7 Å². The fourth-order valence-corrected chi connectivity index (χ4v) is 6.37. The zero-order chi connectivity index (χ0) is 36.2. The van der Waals surface area contributed by atoms with Crippen molar-refractivity contribution in [1.29, 1.82) is 0 Å². The second-order valence-corrected chi connectivity index (χ2v) is 12.0. The minimum absolute atomic E-state index is 0.212. The van der Waals surface area contributed by atoms with Crippen LogP contribution in [0.1, 0.15) is 73.3 Å². The Labute approximate surface area is 292 Å². The molecule has 1 amide bonds. The van der Waals surface area contributed by atoms with E-state index in [2.05, 4.69) is 0 Å². The highest BCUT2D eigenvalue weighted by atomic mass is 16.5. The van der Waals surface area contributed by atoms with E-state index in [-0.39, 0.29) is 12.5 Å². The van der Waals surface area contributed by atoms with E-state index in [4.69, 9.17) is 33.5 Å². The number of aryl methyl sites for hydroxylation is 1. The highest BCUT2D eigenvalue weighted by Crippen LogP contribution is 2.38. The Morgan fingerprint density at radius 1 is 0.880 bits per heavy atom. The van der Waals surface area contributed by atoms with Crippen molar-refractivity contribution in [2.75, 3.05) is 41.6 Å². The topological polar surface area (TPSA) is 150 Å². The third kappa shape index (κ3) is 9.17. The van der Waals surface area contributed by atoms with E-state index in [0.29, 0.717) is 77.7 Å².